The molecule has 2 heterocycles. The highest BCUT2D eigenvalue weighted by Crippen LogP contribution is 2.25. The van der Waals surface area contributed by atoms with E-state index >= 15 is 0 Å². The molecule has 0 atom stereocenters. The van der Waals surface area contributed by atoms with Crippen LogP contribution in [0.5, 0.6) is 5.75 Å². The predicted octanol–water partition coefficient (Wildman–Crippen LogP) is 3.34. The van der Waals surface area contributed by atoms with Crippen molar-refractivity contribution in [2.45, 2.75) is 19.4 Å². The van der Waals surface area contributed by atoms with Gasteiger partial charge in [-0.3, -0.25) is 9.59 Å². The van der Waals surface area contributed by atoms with Gasteiger partial charge in [0.2, 0.25) is 5.91 Å². The lowest BCUT2D eigenvalue weighted by Crippen LogP contribution is -2.23. The Morgan fingerprint density at radius 1 is 1.14 bits per heavy atom. The average molecular weight is 390 g/mol. The highest BCUT2D eigenvalue weighted by atomic mass is 16.5. The molecule has 2 aromatic carbocycles. The molecule has 1 aliphatic rings. The molecule has 1 aliphatic heterocycles. The number of nitrogens with one attached hydrogen (secondary N) is 1. The van der Waals surface area contributed by atoms with Crippen LogP contribution in [0.25, 0.3) is 0 Å². The number of amides is 2. The summed E-state index contributed by atoms with van der Waals surface area (Å²) in [5.41, 5.74) is 1.96. The second-order valence-electron chi connectivity index (χ2n) is 6.80. The summed E-state index contributed by atoms with van der Waals surface area (Å²) < 4.78 is 7.76. The third kappa shape index (κ3) is 4.45. The molecule has 7 heteroatoms. The molecule has 1 saturated heterocycles. The third-order valence-electron chi connectivity index (χ3n) is 4.82. The Hall–Kier alpha value is -3.61. The fourth-order valence-electron chi connectivity index (χ4n) is 3.28. The van der Waals surface area contributed by atoms with Gasteiger partial charge in [0.1, 0.15) is 12.4 Å². The lowest BCUT2D eigenvalue weighted by molar-refractivity contribution is -0.117. The molecule has 0 aliphatic carbocycles. The minimum absolute atomic E-state index is 0.129. The van der Waals surface area contributed by atoms with Gasteiger partial charge in [-0.25, -0.2) is 4.98 Å². The van der Waals surface area contributed by atoms with Crippen LogP contribution in [-0.4, -0.2) is 34.5 Å². The number of hydrogen-bond donors (Lipinski definition) is 1. The van der Waals surface area contributed by atoms with E-state index in [1.54, 1.807) is 29.6 Å². The van der Waals surface area contributed by atoms with Gasteiger partial charge in [0.05, 0.1) is 18.6 Å². The van der Waals surface area contributed by atoms with Gasteiger partial charge in [0.15, 0.2) is 0 Å². The van der Waals surface area contributed by atoms with Crippen LogP contribution < -0.4 is 15.0 Å². The zero-order chi connectivity index (χ0) is 20.1. The number of rotatable bonds is 7. The van der Waals surface area contributed by atoms with Crippen molar-refractivity contribution in [2.75, 3.05) is 23.4 Å². The summed E-state index contributed by atoms with van der Waals surface area (Å²) in [6, 6.07) is 14.4. The third-order valence-corrected chi connectivity index (χ3v) is 4.82. The number of carbonyl (C=O) groups is 2. The Labute approximate surface area is 168 Å². The number of imidazole rings is 1. The maximum absolute atomic E-state index is 12.7. The van der Waals surface area contributed by atoms with Crippen LogP contribution in [-0.2, 0) is 11.3 Å². The number of aromatic nitrogens is 2. The quantitative estimate of drug-likeness (QED) is 0.671. The molecule has 0 radical (unpaired) electrons. The molecular weight excluding hydrogens is 368 g/mol. The Bertz CT molecular complexity index is 984. The van der Waals surface area contributed by atoms with E-state index in [1.165, 1.54) is 0 Å². The van der Waals surface area contributed by atoms with Crippen molar-refractivity contribution >= 4 is 23.2 Å². The molecule has 1 N–H and O–H groups in total. The van der Waals surface area contributed by atoms with Gasteiger partial charge in [0, 0.05) is 36.6 Å². The maximum Gasteiger partial charge on any atom is 0.255 e. The lowest BCUT2D eigenvalue weighted by Gasteiger charge is -2.16. The zero-order valence-corrected chi connectivity index (χ0v) is 16.0. The number of nitrogens with zero attached hydrogens (tertiary/aromatic N) is 3. The minimum atomic E-state index is -0.227. The van der Waals surface area contributed by atoms with Crippen molar-refractivity contribution in [3.63, 3.8) is 0 Å². The maximum atomic E-state index is 12.7. The molecule has 29 heavy (non-hydrogen) atoms. The van der Waals surface area contributed by atoms with Crippen molar-refractivity contribution in [2.24, 2.45) is 0 Å². The summed E-state index contributed by atoms with van der Waals surface area (Å²) in [5, 5.41) is 2.90. The first-order valence-corrected chi connectivity index (χ1v) is 9.60. The van der Waals surface area contributed by atoms with Crippen LogP contribution in [0.15, 0.2) is 67.3 Å². The number of carbonyl (C=O) groups excluding carboxylic acids is 2. The molecule has 1 aromatic heterocycles. The normalized spacial score (nSPS) is 13.5. The summed E-state index contributed by atoms with van der Waals surface area (Å²) in [7, 11) is 0. The van der Waals surface area contributed by atoms with E-state index in [2.05, 4.69) is 10.3 Å². The summed E-state index contributed by atoms with van der Waals surface area (Å²) in [4.78, 5) is 30.3. The van der Waals surface area contributed by atoms with Crippen molar-refractivity contribution in [1.29, 1.82) is 0 Å². The zero-order valence-electron chi connectivity index (χ0n) is 16.0. The largest absolute Gasteiger partial charge is 0.490 e. The molecule has 148 valence electrons. The van der Waals surface area contributed by atoms with Gasteiger partial charge >= 0.3 is 0 Å². The minimum Gasteiger partial charge on any atom is -0.490 e. The standard InChI is InChI=1S/C22H22N4O3/c27-21-6-3-12-26(21)18-9-7-17(8-10-18)22(28)24-19-4-1-2-5-20(19)29-15-14-25-13-11-23-16-25/h1-2,4-5,7-11,13,16H,3,6,12,14-15H2,(H,24,28). The van der Waals surface area contributed by atoms with E-state index in [0.717, 1.165) is 18.7 Å². The van der Waals surface area contributed by atoms with Crippen LogP contribution in [0.2, 0.25) is 0 Å². The van der Waals surface area contributed by atoms with Crippen molar-refractivity contribution in [1.82, 2.24) is 9.55 Å². The second kappa shape index (κ2) is 8.60. The lowest BCUT2D eigenvalue weighted by atomic mass is 10.1. The van der Waals surface area contributed by atoms with E-state index in [4.69, 9.17) is 4.74 Å². The molecule has 0 bridgehead atoms. The first-order valence-electron chi connectivity index (χ1n) is 9.60. The van der Waals surface area contributed by atoms with Crippen LogP contribution in [0, 0.1) is 0 Å². The monoisotopic (exact) mass is 390 g/mol. The number of benzene rings is 2. The van der Waals surface area contributed by atoms with Gasteiger partial charge < -0.3 is 19.5 Å². The molecule has 0 unspecified atom stereocenters. The van der Waals surface area contributed by atoms with Crippen LogP contribution in [0.1, 0.15) is 23.2 Å². The topological polar surface area (TPSA) is 76.5 Å². The SMILES string of the molecule is O=C(Nc1ccccc1OCCn1ccnc1)c1ccc(N2CCCC2=O)cc1. The molecule has 4 rings (SSSR count). The molecule has 3 aromatic rings. The second-order valence-corrected chi connectivity index (χ2v) is 6.80. The highest BCUT2D eigenvalue weighted by Gasteiger charge is 2.21. The van der Waals surface area contributed by atoms with Crippen molar-refractivity contribution < 1.29 is 14.3 Å². The summed E-state index contributed by atoms with van der Waals surface area (Å²) in [6.45, 7) is 1.86. The van der Waals surface area contributed by atoms with E-state index in [9.17, 15) is 9.59 Å². The van der Waals surface area contributed by atoms with Crippen LogP contribution >= 0.6 is 0 Å². The fraction of sp³-hybridized carbons (Fsp3) is 0.227. The Morgan fingerprint density at radius 2 is 1.97 bits per heavy atom. The summed E-state index contributed by atoms with van der Waals surface area (Å²) in [6.07, 6.45) is 6.78. The van der Waals surface area contributed by atoms with Gasteiger partial charge in [0.25, 0.3) is 5.91 Å². The number of anilines is 2. The molecular formula is C22H22N4O3. The molecule has 1 fully saturated rings. The van der Waals surface area contributed by atoms with Gasteiger partial charge in [-0.15, -0.1) is 0 Å². The number of ether oxygens (including phenoxy) is 1. The Balaban J connectivity index is 1.39. The number of para-hydroxylation sites is 2. The van der Waals surface area contributed by atoms with E-state index in [0.29, 0.717) is 36.6 Å². The first-order chi connectivity index (χ1) is 14.2. The number of hydrogen-bond acceptors (Lipinski definition) is 4. The van der Waals surface area contributed by atoms with Gasteiger partial charge in [-0.2, -0.15) is 0 Å². The summed E-state index contributed by atoms with van der Waals surface area (Å²) >= 11 is 0. The van der Waals surface area contributed by atoms with E-state index in [1.807, 2.05) is 47.2 Å². The van der Waals surface area contributed by atoms with Crippen molar-refractivity contribution in [3.05, 3.63) is 72.8 Å². The van der Waals surface area contributed by atoms with Crippen molar-refractivity contribution in [3.8, 4) is 5.75 Å². The molecule has 0 saturated carbocycles. The van der Waals surface area contributed by atoms with Crippen LogP contribution in [0.3, 0.4) is 0 Å². The van der Waals surface area contributed by atoms with Gasteiger partial charge in [-0.1, -0.05) is 12.1 Å². The smallest absolute Gasteiger partial charge is 0.255 e. The van der Waals surface area contributed by atoms with Gasteiger partial charge in [-0.05, 0) is 42.8 Å². The average Bonchev–Trinajstić information content (AvgIpc) is 3.41. The van der Waals surface area contributed by atoms with Crippen LogP contribution in [0.4, 0.5) is 11.4 Å². The molecule has 7 nitrogen and oxygen atoms in total. The van der Waals surface area contributed by atoms with E-state index < -0.39 is 0 Å². The van der Waals surface area contributed by atoms with E-state index in [-0.39, 0.29) is 11.8 Å². The predicted molar refractivity (Wildman–Crippen MR) is 110 cm³/mol. The first kappa shape index (κ1) is 18.7. The fourth-order valence-corrected chi connectivity index (χ4v) is 3.28. The summed E-state index contributed by atoms with van der Waals surface area (Å²) in [5.74, 6) is 0.513. The Morgan fingerprint density at radius 3 is 2.69 bits per heavy atom. The molecule has 2 amide bonds. The molecule has 0 spiro atoms. The highest BCUT2D eigenvalue weighted by molar-refractivity contribution is 6.05. The Kier molecular flexibility index (Phi) is 5.56.